The van der Waals surface area contributed by atoms with Crippen molar-refractivity contribution in [3.05, 3.63) is 50.9 Å². The molecule has 3 nitrogen and oxygen atoms in total. The number of rotatable bonds is 1. The van der Waals surface area contributed by atoms with E-state index in [1.54, 1.807) is 10.7 Å². The summed E-state index contributed by atoms with van der Waals surface area (Å²) < 4.78 is 1.66. The average Bonchev–Trinajstić information content (AvgIpc) is 2.59. The van der Waals surface area contributed by atoms with Gasteiger partial charge >= 0.3 is 0 Å². The Kier molecular flexibility index (Phi) is 3.17. The smallest absolute Gasteiger partial charge is 0.271 e. The Labute approximate surface area is 114 Å². The van der Waals surface area contributed by atoms with E-state index in [1.165, 1.54) is 5.56 Å². The third-order valence-corrected chi connectivity index (χ3v) is 3.39. The molecule has 0 atom stereocenters. The molecular formula is C16H22N2O. The second-order valence-electron chi connectivity index (χ2n) is 6.34. The molecule has 0 saturated carbocycles. The monoisotopic (exact) mass is 258 g/mol. The summed E-state index contributed by atoms with van der Waals surface area (Å²) in [6.07, 6.45) is 0. The van der Waals surface area contributed by atoms with E-state index >= 15 is 0 Å². The van der Waals surface area contributed by atoms with E-state index < -0.39 is 0 Å². The minimum atomic E-state index is -0.0586. The highest BCUT2D eigenvalue weighted by atomic mass is 16.1. The molecule has 0 bridgehead atoms. The van der Waals surface area contributed by atoms with Crippen molar-refractivity contribution in [1.29, 1.82) is 0 Å². The van der Waals surface area contributed by atoms with Crippen LogP contribution in [0.5, 0.6) is 0 Å². The van der Waals surface area contributed by atoms with E-state index in [2.05, 4.69) is 44.9 Å². The van der Waals surface area contributed by atoms with Crippen LogP contribution in [0.4, 0.5) is 0 Å². The molecule has 1 heterocycles. The molecule has 3 heteroatoms. The Morgan fingerprint density at radius 1 is 1.00 bits per heavy atom. The maximum Gasteiger partial charge on any atom is 0.271 e. The molecule has 102 valence electrons. The lowest BCUT2D eigenvalue weighted by Gasteiger charge is -2.16. The number of nitrogens with one attached hydrogen (secondary N) is 1. The summed E-state index contributed by atoms with van der Waals surface area (Å²) in [5, 5.41) is 3.24. The third kappa shape index (κ3) is 2.50. The maximum absolute atomic E-state index is 12.2. The fourth-order valence-corrected chi connectivity index (χ4v) is 2.47. The molecule has 0 amide bonds. The molecule has 0 aliphatic rings. The van der Waals surface area contributed by atoms with Crippen LogP contribution < -0.4 is 5.56 Å². The van der Waals surface area contributed by atoms with Crippen LogP contribution in [0, 0.1) is 20.8 Å². The van der Waals surface area contributed by atoms with Gasteiger partial charge in [-0.2, -0.15) is 0 Å². The van der Waals surface area contributed by atoms with Gasteiger partial charge in [-0.1, -0.05) is 38.5 Å². The zero-order valence-corrected chi connectivity index (χ0v) is 12.6. The van der Waals surface area contributed by atoms with Gasteiger partial charge in [0, 0.05) is 17.2 Å². The first-order valence-corrected chi connectivity index (χ1v) is 6.61. The van der Waals surface area contributed by atoms with E-state index in [9.17, 15) is 4.79 Å². The van der Waals surface area contributed by atoms with Crippen LogP contribution >= 0.6 is 0 Å². The number of hydrogen-bond acceptors (Lipinski definition) is 1. The van der Waals surface area contributed by atoms with E-state index in [-0.39, 0.29) is 11.0 Å². The lowest BCUT2D eigenvalue weighted by atomic mass is 9.93. The van der Waals surface area contributed by atoms with E-state index in [0.717, 1.165) is 22.5 Å². The molecule has 19 heavy (non-hydrogen) atoms. The molecule has 0 fully saturated rings. The molecule has 0 aliphatic carbocycles. The molecule has 0 radical (unpaired) electrons. The van der Waals surface area contributed by atoms with E-state index in [4.69, 9.17) is 0 Å². The largest absolute Gasteiger partial charge is 0.294 e. The van der Waals surface area contributed by atoms with Crippen molar-refractivity contribution in [3.8, 4) is 5.69 Å². The Bertz CT molecular complexity index is 646. The van der Waals surface area contributed by atoms with Crippen molar-refractivity contribution in [2.75, 3.05) is 0 Å². The van der Waals surface area contributed by atoms with Gasteiger partial charge in [-0.25, -0.2) is 4.68 Å². The number of benzene rings is 1. The van der Waals surface area contributed by atoms with Crippen LogP contribution in [0.2, 0.25) is 0 Å². The van der Waals surface area contributed by atoms with Crippen molar-refractivity contribution < 1.29 is 0 Å². The highest BCUT2D eigenvalue weighted by Gasteiger charge is 2.19. The summed E-state index contributed by atoms with van der Waals surface area (Å²) in [5.41, 5.74) is 5.30. The summed E-state index contributed by atoms with van der Waals surface area (Å²) in [5.74, 6) is 0. The number of H-pyrrole nitrogens is 1. The van der Waals surface area contributed by atoms with Crippen molar-refractivity contribution >= 4 is 0 Å². The van der Waals surface area contributed by atoms with Gasteiger partial charge in [0.1, 0.15) is 0 Å². The van der Waals surface area contributed by atoms with Crippen LogP contribution in [0.1, 0.15) is 43.2 Å². The molecule has 0 saturated heterocycles. The summed E-state index contributed by atoms with van der Waals surface area (Å²) in [6.45, 7) is 12.4. The quantitative estimate of drug-likeness (QED) is 0.836. The van der Waals surface area contributed by atoms with Crippen LogP contribution in [0.3, 0.4) is 0 Å². The fraction of sp³-hybridized carbons (Fsp3) is 0.438. The number of aromatic amines is 1. The normalized spacial score (nSPS) is 11.9. The number of aromatic nitrogens is 2. The topological polar surface area (TPSA) is 37.8 Å². The summed E-state index contributed by atoms with van der Waals surface area (Å²) in [4.78, 5) is 12.2. The lowest BCUT2D eigenvalue weighted by molar-refractivity contribution is 0.559. The molecule has 1 aromatic heterocycles. The van der Waals surface area contributed by atoms with Gasteiger partial charge in [0.2, 0.25) is 0 Å². The summed E-state index contributed by atoms with van der Waals surface area (Å²) in [6, 6.07) is 5.90. The van der Waals surface area contributed by atoms with E-state index in [0.29, 0.717) is 0 Å². The van der Waals surface area contributed by atoms with Crippen LogP contribution in [-0.4, -0.2) is 9.78 Å². The number of aryl methyl sites for hydroxylation is 3. The maximum atomic E-state index is 12.2. The summed E-state index contributed by atoms with van der Waals surface area (Å²) in [7, 11) is 0. The van der Waals surface area contributed by atoms with Crippen LogP contribution in [0.15, 0.2) is 23.0 Å². The third-order valence-electron chi connectivity index (χ3n) is 3.39. The van der Waals surface area contributed by atoms with Gasteiger partial charge in [0.05, 0.1) is 5.69 Å². The minimum absolute atomic E-state index is 0.0000203. The molecular weight excluding hydrogens is 236 g/mol. The molecule has 2 rings (SSSR count). The van der Waals surface area contributed by atoms with Gasteiger partial charge in [-0.15, -0.1) is 0 Å². The second-order valence-corrected chi connectivity index (χ2v) is 6.34. The molecule has 1 aromatic carbocycles. The van der Waals surface area contributed by atoms with Gasteiger partial charge in [-0.3, -0.25) is 9.89 Å². The molecule has 0 unspecified atom stereocenters. The van der Waals surface area contributed by atoms with Gasteiger partial charge in [-0.05, 0) is 31.9 Å². The molecule has 1 N–H and O–H groups in total. The van der Waals surface area contributed by atoms with Crippen LogP contribution in [0.25, 0.3) is 5.69 Å². The Morgan fingerprint density at radius 3 is 1.95 bits per heavy atom. The Morgan fingerprint density at radius 2 is 1.53 bits per heavy atom. The van der Waals surface area contributed by atoms with E-state index in [1.807, 2.05) is 13.8 Å². The average molecular weight is 258 g/mol. The van der Waals surface area contributed by atoms with Crippen LogP contribution in [-0.2, 0) is 5.41 Å². The van der Waals surface area contributed by atoms with Crippen molar-refractivity contribution in [1.82, 2.24) is 9.78 Å². The fourth-order valence-electron chi connectivity index (χ4n) is 2.47. The predicted octanol–water partition coefficient (Wildman–Crippen LogP) is 3.39. The van der Waals surface area contributed by atoms with Crippen molar-refractivity contribution in [2.24, 2.45) is 0 Å². The first-order chi connectivity index (χ1) is 8.70. The minimum Gasteiger partial charge on any atom is -0.294 e. The van der Waals surface area contributed by atoms with Crippen molar-refractivity contribution in [2.45, 2.75) is 47.0 Å². The Hall–Kier alpha value is -1.77. The van der Waals surface area contributed by atoms with Gasteiger partial charge in [0.25, 0.3) is 5.56 Å². The Balaban J connectivity index is 2.67. The highest BCUT2D eigenvalue weighted by Crippen LogP contribution is 2.22. The number of hydrogen-bond donors (Lipinski definition) is 1. The molecule has 0 aliphatic heterocycles. The first kappa shape index (κ1) is 13.7. The molecule has 2 aromatic rings. The predicted molar refractivity (Wildman–Crippen MR) is 79.3 cm³/mol. The van der Waals surface area contributed by atoms with Gasteiger partial charge in [0.15, 0.2) is 0 Å². The summed E-state index contributed by atoms with van der Waals surface area (Å²) >= 11 is 0. The van der Waals surface area contributed by atoms with Gasteiger partial charge < -0.3 is 0 Å². The lowest BCUT2D eigenvalue weighted by Crippen LogP contribution is -2.16. The number of nitrogens with zero attached hydrogens (tertiary/aromatic N) is 1. The zero-order chi connectivity index (χ0) is 14.4. The van der Waals surface area contributed by atoms with Crippen molar-refractivity contribution in [3.63, 3.8) is 0 Å². The standard InChI is InChI=1S/C16H22N2O/c1-10-7-11(2)15(12(3)8-10)18-14(19)9-13(17-18)16(4,5)6/h7-9,17H,1-6H3. The highest BCUT2D eigenvalue weighted by molar-refractivity contribution is 5.48. The SMILES string of the molecule is Cc1cc(C)c(-n2[nH]c(C(C)(C)C)cc2=O)c(C)c1. The molecule has 0 spiro atoms. The second kappa shape index (κ2) is 4.41. The zero-order valence-electron chi connectivity index (χ0n) is 12.6. The first-order valence-electron chi connectivity index (χ1n) is 6.61.